The fourth-order valence-electron chi connectivity index (χ4n) is 4.73. The number of aromatic nitrogens is 3. The average Bonchev–Trinajstić information content (AvgIpc) is 3.23. The quantitative estimate of drug-likeness (QED) is 0.786. The third kappa shape index (κ3) is 5.17. The van der Waals surface area contributed by atoms with Gasteiger partial charge in [-0.2, -0.15) is 5.10 Å². The van der Waals surface area contributed by atoms with Crippen LogP contribution in [0.1, 0.15) is 36.9 Å². The lowest BCUT2D eigenvalue weighted by molar-refractivity contribution is 0.0914. The van der Waals surface area contributed by atoms with E-state index in [-0.39, 0.29) is 0 Å². The van der Waals surface area contributed by atoms with E-state index >= 15 is 0 Å². The third-order valence-corrected chi connectivity index (χ3v) is 6.49. The molecular formula is C22H33N5. The summed E-state index contributed by atoms with van der Waals surface area (Å²) in [6, 6.07) is 6.36. The van der Waals surface area contributed by atoms with E-state index < -0.39 is 0 Å². The van der Waals surface area contributed by atoms with E-state index in [1.165, 1.54) is 63.1 Å². The van der Waals surface area contributed by atoms with Crippen molar-refractivity contribution in [2.45, 2.75) is 45.7 Å². The molecule has 2 aromatic rings. The molecule has 5 nitrogen and oxygen atoms in total. The molecule has 2 aliphatic rings. The first-order valence-corrected chi connectivity index (χ1v) is 10.6. The first-order valence-electron chi connectivity index (χ1n) is 10.6. The van der Waals surface area contributed by atoms with Crippen LogP contribution < -0.4 is 0 Å². The van der Waals surface area contributed by atoms with Crippen molar-refractivity contribution in [3.8, 4) is 0 Å². The van der Waals surface area contributed by atoms with E-state index in [0.717, 1.165) is 31.5 Å². The zero-order valence-corrected chi connectivity index (χ0v) is 16.6. The maximum Gasteiger partial charge on any atom is 0.0544 e. The second-order valence-electron chi connectivity index (χ2n) is 8.39. The number of hydrogen-bond donors (Lipinski definition) is 0. The summed E-state index contributed by atoms with van der Waals surface area (Å²) in [7, 11) is 0. The molecular weight excluding hydrogens is 334 g/mol. The molecule has 0 aromatic carbocycles. The molecule has 0 atom stereocenters. The van der Waals surface area contributed by atoms with Gasteiger partial charge < -0.3 is 4.90 Å². The van der Waals surface area contributed by atoms with Crippen molar-refractivity contribution in [2.24, 2.45) is 11.8 Å². The van der Waals surface area contributed by atoms with Crippen LogP contribution in [0.25, 0.3) is 0 Å². The third-order valence-electron chi connectivity index (χ3n) is 6.49. The smallest absolute Gasteiger partial charge is 0.0544 e. The van der Waals surface area contributed by atoms with E-state index in [4.69, 9.17) is 0 Å². The minimum atomic E-state index is 0.931. The monoisotopic (exact) mass is 367 g/mol. The largest absolute Gasteiger partial charge is 0.301 e. The van der Waals surface area contributed by atoms with Crippen molar-refractivity contribution in [1.29, 1.82) is 0 Å². The van der Waals surface area contributed by atoms with Crippen LogP contribution in [0.2, 0.25) is 0 Å². The van der Waals surface area contributed by atoms with Gasteiger partial charge in [0, 0.05) is 31.7 Å². The predicted molar refractivity (Wildman–Crippen MR) is 108 cm³/mol. The summed E-state index contributed by atoms with van der Waals surface area (Å²) in [4.78, 5) is 9.78. The van der Waals surface area contributed by atoms with E-state index in [1.54, 1.807) is 0 Å². The van der Waals surface area contributed by atoms with Gasteiger partial charge in [0.15, 0.2) is 0 Å². The van der Waals surface area contributed by atoms with Crippen LogP contribution >= 0.6 is 0 Å². The van der Waals surface area contributed by atoms with Crippen LogP contribution in [-0.4, -0.2) is 57.3 Å². The zero-order chi connectivity index (χ0) is 18.5. The SMILES string of the molecule is Cc1ccc(CN2CCC(C3CCN(CCn4cccn4)CC3)CC2)nc1. The lowest BCUT2D eigenvalue weighted by atomic mass is 9.79. The summed E-state index contributed by atoms with van der Waals surface area (Å²) < 4.78 is 2.05. The average molecular weight is 368 g/mol. The molecule has 2 saturated heterocycles. The van der Waals surface area contributed by atoms with Gasteiger partial charge in [-0.25, -0.2) is 0 Å². The topological polar surface area (TPSA) is 37.2 Å². The lowest BCUT2D eigenvalue weighted by Crippen LogP contribution is -2.41. The van der Waals surface area contributed by atoms with Gasteiger partial charge in [-0.15, -0.1) is 0 Å². The van der Waals surface area contributed by atoms with Gasteiger partial charge in [-0.1, -0.05) is 6.07 Å². The molecule has 0 unspecified atom stereocenters. The Balaban J connectivity index is 1.16. The van der Waals surface area contributed by atoms with Crippen LogP contribution in [0.3, 0.4) is 0 Å². The lowest BCUT2D eigenvalue weighted by Gasteiger charge is -2.40. The molecule has 0 radical (unpaired) electrons. The normalized spacial score (nSPS) is 20.9. The Morgan fingerprint density at radius 1 is 0.926 bits per heavy atom. The molecule has 2 fully saturated rings. The molecule has 4 heterocycles. The summed E-state index contributed by atoms with van der Waals surface area (Å²) in [6.45, 7) is 10.3. The highest BCUT2D eigenvalue weighted by molar-refractivity contribution is 5.12. The summed E-state index contributed by atoms with van der Waals surface area (Å²) >= 11 is 0. The Labute approximate surface area is 163 Å². The molecule has 0 aliphatic carbocycles. The number of pyridine rings is 1. The van der Waals surface area contributed by atoms with Gasteiger partial charge in [-0.05, 0) is 88.3 Å². The van der Waals surface area contributed by atoms with Crippen molar-refractivity contribution < 1.29 is 0 Å². The second kappa shape index (κ2) is 8.98. The fourth-order valence-corrected chi connectivity index (χ4v) is 4.73. The minimum absolute atomic E-state index is 0.931. The van der Waals surface area contributed by atoms with Gasteiger partial charge in [0.2, 0.25) is 0 Å². The molecule has 4 rings (SSSR count). The Kier molecular flexibility index (Phi) is 6.20. The van der Waals surface area contributed by atoms with Crippen molar-refractivity contribution in [2.75, 3.05) is 32.7 Å². The fraction of sp³-hybridized carbons (Fsp3) is 0.636. The molecule has 0 bridgehead atoms. The van der Waals surface area contributed by atoms with Crippen molar-refractivity contribution in [1.82, 2.24) is 24.6 Å². The number of likely N-dealkylation sites (tertiary alicyclic amines) is 2. The number of aryl methyl sites for hydroxylation is 1. The highest BCUT2D eigenvalue weighted by atomic mass is 15.3. The highest BCUT2D eigenvalue weighted by Gasteiger charge is 2.29. The van der Waals surface area contributed by atoms with Crippen molar-refractivity contribution in [3.63, 3.8) is 0 Å². The molecule has 0 N–H and O–H groups in total. The molecule has 0 amide bonds. The standard InChI is InChI=1S/C22H33N5/c1-19-3-4-22(23-17-19)18-26-13-7-21(8-14-26)20-5-11-25(12-6-20)15-16-27-10-2-9-24-27/h2-4,9-10,17,20-21H,5-8,11-16,18H2,1H3. The van der Waals surface area contributed by atoms with E-state index in [0.29, 0.717) is 0 Å². The van der Waals surface area contributed by atoms with Crippen molar-refractivity contribution in [3.05, 3.63) is 48.0 Å². The van der Waals surface area contributed by atoms with Crippen LogP contribution in [-0.2, 0) is 13.1 Å². The number of rotatable bonds is 6. The van der Waals surface area contributed by atoms with Crippen molar-refractivity contribution >= 4 is 0 Å². The van der Waals surface area contributed by atoms with Gasteiger partial charge in [0.25, 0.3) is 0 Å². The molecule has 0 spiro atoms. The van der Waals surface area contributed by atoms with Crippen LogP contribution in [0, 0.1) is 18.8 Å². The summed E-state index contributed by atoms with van der Waals surface area (Å²) in [5, 5.41) is 4.31. The maximum atomic E-state index is 4.57. The van der Waals surface area contributed by atoms with E-state index in [2.05, 4.69) is 45.1 Å². The molecule has 5 heteroatoms. The van der Waals surface area contributed by atoms with Gasteiger partial charge in [0.05, 0.1) is 12.2 Å². The van der Waals surface area contributed by atoms with E-state index in [1.807, 2.05) is 23.1 Å². The Morgan fingerprint density at radius 2 is 1.63 bits per heavy atom. The predicted octanol–water partition coefficient (Wildman–Crippen LogP) is 3.21. The summed E-state index contributed by atoms with van der Waals surface area (Å²) in [6.07, 6.45) is 11.4. The zero-order valence-electron chi connectivity index (χ0n) is 16.6. The van der Waals surface area contributed by atoms with Crippen LogP contribution in [0.5, 0.6) is 0 Å². The Bertz CT molecular complexity index is 665. The van der Waals surface area contributed by atoms with Gasteiger partial charge >= 0.3 is 0 Å². The molecule has 146 valence electrons. The van der Waals surface area contributed by atoms with Crippen LogP contribution in [0.4, 0.5) is 0 Å². The van der Waals surface area contributed by atoms with Crippen LogP contribution in [0.15, 0.2) is 36.8 Å². The Morgan fingerprint density at radius 3 is 2.22 bits per heavy atom. The summed E-state index contributed by atoms with van der Waals surface area (Å²) in [5.41, 5.74) is 2.46. The molecule has 2 aliphatic heterocycles. The first kappa shape index (κ1) is 18.6. The number of nitrogens with zero attached hydrogens (tertiary/aromatic N) is 5. The number of hydrogen-bond acceptors (Lipinski definition) is 4. The Hall–Kier alpha value is -1.72. The molecule has 2 aromatic heterocycles. The van der Waals surface area contributed by atoms with E-state index in [9.17, 15) is 0 Å². The number of piperidine rings is 2. The maximum absolute atomic E-state index is 4.57. The minimum Gasteiger partial charge on any atom is -0.301 e. The molecule has 27 heavy (non-hydrogen) atoms. The second-order valence-corrected chi connectivity index (χ2v) is 8.39. The first-order chi connectivity index (χ1) is 13.3. The summed E-state index contributed by atoms with van der Waals surface area (Å²) in [5.74, 6) is 1.87. The highest BCUT2D eigenvalue weighted by Crippen LogP contribution is 2.32. The van der Waals surface area contributed by atoms with Gasteiger partial charge in [0.1, 0.15) is 0 Å². The van der Waals surface area contributed by atoms with Gasteiger partial charge in [-0.3, -0.25) is 14.6 Å². The molecule has 0 saturated carbocycles.